The van der Waals surface area contributed by atoms with Crippen LogP contribution < -0.4 is 9.47 Å². The van der Waals surface area contributed by atoms with Gasteiger partial charge in [-0.15, -0.1) is 0 Å². The Bertz CT molecular complexity index is 774. The minimum Gasteiger partial charge on any atom is -0.454 e. The molecular weight excluding hydrogens is 306 g/mol. The minimum atomic E-state index is -0.154. The van der Waals surface area contributed by atoms with Crippen LogP contribution in [0.3, 0.4) is 0 Å². The molecule has 6 heteroatoms. The molecule has 2 heterocycles. The van der Waals surface area contributed by atoms with E-state index in [-0.39, 0.29) is 18.2 Å². The first-order chi connectivity index (χ1) is 11.3. The lowest BCUT2D eigenvalue weighted by Crippen LogP contribution is -2.28. The average Bonchev–Trinajstić information content (AvgIpc) is 3.11. The molecule has 6 nitrogen and oxygen atoms in total. The van der Waals surface area contributed by atoms with Crippen molar-refractivity contribution < 1.29 is 14.3 Å². The second-order valence-corrected chi connectivity index (χ2v) is 7.10. The van der Waals surface area contributed by atoms with Gasteiger partial charge in [0.1, 0.15) is 0 Å². The summed E-state index contributed by atoms with van der Waals surface area (Å²) in [7, 11) is 1.78. The van der Waals surface area contributed by atoms with Crippen LogP contribution >= 0.6 is 0 Å². The Kier molecular flexibility index (Phi) is 3.99. The van der Waals surface area contributed by atoms with Crippen LogP contribution in [0, 0.1) is 6.92 Å². The van der Waals surface area contributed by atoms with Gasteiger partial charge in [0.25, 0.3) is 5.91 Å². The monoisotopic (exact) mass is 329 g/mol. The van der Waals surface area contributed by atoms with Crippen molar-refractivity contribution in [1.82, 2.24) is 14.7 Å². The van der Waals surface area contributed by atoms with E-state index in [0.29, 0.717) is 12.2 Å². The molecule has 1 amide bonds. The van der Waals surface area contributed by atoms with Gasteiger partial charge in [0.05, 0.1) is 5.54 Å². The summed E-state index contributed by atoms with van der Waals surface area (Å²) in [4.78, 5) is 14.3. The quantitative estimate of drug-likeness (QED) is 0.869. The number of hydrogen-bond donors (Lipinski definition) is 0. The topological polar surface area (TPSA) is 56.6 Å². The molecule has 128 valence electrons. The predicted molar refractivity (Wildman–Crippen MR) is 90.3 cm³/mol. The van der Waals surface area contributed by atoms with Gasteiger partial charge in [-0.05, 0) is 51.5 Å². The van der Waals surface area contributed by atoms with Gasteiger partial charge < -0.3 is 14.4 Å². The summed E-state index contributed by atoms with van der Waals surface area (Å²) in [5, 5.41) is 4.48. The molecule has 3 rings (SSSR count). The second-order valence-electron chi connectivity index (χ2n) is 7.10. The Morgan fingerprint density at radius 3 is 2.62 bits per heavy atom. The molecule has 24 heavy (non-hydrogen) atoms. The third-order valence-electron chi connectivity index (χ3n) is 3.95. The largest absolute Gasteiger partial charge is 0.454 e. The van der Waals surface area contributed by atoms with Crippen LogP contribution in [0.1, 0.15) is 42.5 Å². The number of benzene rings is 1. The molecule has 0 spiro atoms. The number of fused-ring (bicyclic) bond motifs is 1. The van der Waals surface area contributed by atoms with Crippen LogP contribution in [0.15, 0.2) is 24.3 Å². The number of rotatable bonds is 3. The summed E-state index contributed by atoms with van der Waals surface area (Å²) in [6.07, 6.45) is 0. The van der Waals surface area contributed by atoms with Crippen LogP contribution in [0.5, 0.6) is 11.5 Å². The molecule has 0 atom stereocenters. The summed E-state index contributed by atoms with van der Waals surface area (Å²) in [5.74, 6) is 1.37. The van der Waals surface area contributed by atoms with Gasteiger partial charge in [-0.25, -0.2) is 0 Å². The maximum absolute atomic E-state index is 12.7. The van der Waals surface area contributed by atoms with Gasteiger partial charge in [-0.3, -0.25) is 9.48 Å². The highest BCUT2D eigenvalue weighted by Gasteiger charge is 2.22. The molecule has 0 fully saturated rings. The van der Waals surface area contributed by atoms with Crippen molar-refractivity contribution in [1.29, 1.82) is 0 Å². The van der Waals surface area contributed by atoms with E-state index >= 15 is 0 Å². The van der Waals surface area contributed by atoms with E-state index in [0.717, 1.165) is 22.8 Å². The number of carbonyl (C=O) groups excluding carboxylic acids is 1. The number of ether oxygens (including phenoxy) is 2. The number of amides is 1. The van der Waals surface area contributed by atoms with Gasteiger partial charge in [0, 0.05) is 19.3 Å². The van der Waals surface area contributed by atoms with E-state index in [1.54, 1.807) is 11.9 Å². The predicted octanol–water partition coefficient (Wildman–Crippen LogP) is 2.95. The number of nitrogens with zero attached hydrogens (tertiary/aromatic N) is 3. The lowest BCUT2D eigenvalue weighted by atomic mass is 10.1. The molecule has 1 aromatic carbocycles. The Hall–Kier alpha value is -2.50. The summed E-state index contributed by atoms with van der Waals surface area (Å²) >= 11 is 0. The van der Waals surface area contributed by atoms with Crippen molar-refractivity contribution in [3.8, 4) is 11.5 Å². The highest BCUT2D eigenvalue weighted by atomic mass is 16.7. The highest BCUT2D eigenvalue weighted by Crippen LogP contribution is 2.32. The molecule has 1 aromatic heterocycles. The first-order valence-corrected chi connectivity index (χ1v) is 7.97. The molecule has 2 aromatic rings. The molecule has 0 unspecified atom stereocenters. The fraction of sp³-hybridized carbons (Fsp3) is 0.444. The first-order valence-electron chi connectivity index (χ1n) is 7.97. The van der Waals surface area contributed by atoms with E-state index in [2.05, 4.69) is 25.9 Å². The van der Waals surface area contributed by atoms with Crippen molar-refractivity contribution in [2.75, 3.05) is 13.8 Å². The molecule has 0 bridgehead atoms. The molecule has 1 aliphatic rings. The van der Waals surface area contributed by atoms with E-state index in [4.69, 9.17) is 9.47 Å². The number of aromatic nitrogens is 2. The van der Waals surface area contributed by atoms with Crippen molar-refractivity contribution in [3.63, 3.8) is 0 Å². The smallest absolute Gasteiger partial charge is 0.274 e. The Morgan fingerprint density at radius 2 is 1.96 bits per heavy atom. The third kappa shape index (κ3) is 3.09. The standard InChI is InChI=1S/C18H23N3O3/c1-12-8-14(19-21(12)18(2,3)4)17(22)20(5)10-13-6-7-15-16(9-13)24-11-23-15/h6-9H,10-11H2,1-5H3. The Labute approximate surface area is 142 Å². The molecule has 0 aliphatic carbocycles. The zero-order valence-corrected chi connectivity index (χ0v) is 14.8. The van der Waals surface area contributed by atoms with Crippen molar-refractivity contribution in [3.05, 3.63) is 41.2 Å². The van der Waals surface area contributed by atoms with Gasteiger partial charge in [-0.2, -0.15) is 5.10 Å². The van der Waals surface area contributed by atoms with Crippen molar-refractivity contribution in [2.24, 2.45) is 0 Å². The lowest BCUT2D eigenvalue weighted by Gasteiger charge is -2.21. The fourth-order valence-electron chi connectivity index (χ4n) is 2.84. The molecule has 1 aliphatic heterocycles. The molecular formula is C18H23N3O3. The Morgan fingerprint density at radius 1 is 1.25 bits per heavy atom. The molecule has 0 radical (unpaired) electrons. The van der Waals surface area contributed by atoms with E-state index in [1.807, 2.05) is 35.9 Å². The number of aryl methyl sites for hydroxylation is 1. The zero-order chi connectivity index (χ0) is 17.5. The van der Waals surface area contributed by atoms with E-state index in [9.17, 15) is 4.79 Å². The summed E-state index contributed by atoms with van der Waals surface area (Å²) < 4.78 is 12.6. The second kappa shape index (κ2) is 5.85. The van der Waals surface area contributed by atoms with Crippen molar-refractivity contribution >= 4 is 5.91 Å². The third-order valence-corrected chi connectivity index (χ3v) is 3.95. The minimum absolute atomic E-state index is 0.0984. The summed E-state index contributed by atoms with van der Waals surface area (Å²) in [6, 6.07) is 7.56. The summed E-state index contributed by atoms with van der Waals surface area (Å²) in [6.45, 7) is 8.90. The van der Waals surface area contributed by atoms with Crippen LogP contribution in [0.2, 0.25) is 0 Å². The van der Waals surface area contributed by atoms with Gasteiger partial charge in [0.15, 0.2) is 17.2 Å². The number of carbonyl (C=O) groups is 1. The average molecular weight is 329 g/mol. The van der Waals surface area contributed by atoms with E-state index in [1.165, 1.54) is 0 Å². The van der Waals surface area contributed by atoms with Crippen LogP contribution in [-0.2, 0) is 12.1 Å². The molecule has 0 saturated heterocycles. The molecule has 0 saturated carbocycles. The van der Waals surface area contributed by atoms with Crippen LogP contribution in [0.25, 0.3) is 0 Å². The maximum atomic E-state index is 12.7. The van der Waals surface area contributed by atoms with Gasteiger partial charge >= 0.3 is 0 Å². The fourth-order valence-corrected chi connectivity index (χ4v) is 2.84. The normalized spacial score (nSPS) is 13.2. The van der Waals surface area contributed by atoms with Crippen LogP contribution in [0.4, 0.5) is 0 Å². The lowest BCUT2D eigenvalue weighted by molar-refractivity contribution is 0.0777. The first kappa shape index (κ1) is 16.4. The Balaban J connectivity index is 1.75. The van der Waals surface area contributed by atoms with Crippen LogP contribution in [-0.4, -0.2) is 34.4 Å². The highest BCUT2D eigenvalue weighted by molar-refractivity contribution is 5.92. The van der Waals surface area contributed by atoms with Gasteiger partial charge in [-0.1, -0.05) is 6.07 Å². The number of hydrogen-bond acceptors (Lipinski definition) is 4. The summed E-state index contributed by atoms with van der Waals surface area (Å²) in [5.41, 5.74) is 2.27. The molecule has 0 N–H and O–H groups in total. The maximum Gasteiger partial charge on any atom is 0.274 e. The SMILES string of the molecule is Cc1cc(C(=O)N(C)Cc2ccc3c(c2)OCO3)nn1C(C)(C)C. The zero-order valence-electron chi connectivity index (χ0n) is 14.8. The van der Waals surface area contributed by atoms with Crippen molar-refractivity contribution in [2.45, 2.75) is 39.8 Å². The van der Waals surface area contributed by atoms with Gasteiger partial charge in [0.2, 0.25) is 6.79 Å². The van der Waals surface area contributed by atoms with E-state index < -0.39 is 0 Å².